The molecule has 22 heavy (non-hydrogen) atoms. The molecule has 2 aromatic rings. The first-order valence-corrected chi connectivity index (χ1v) is 7.48. The third-order valence-electron chi connectivity index (χ3n) is 3.88. The molecule has 0 aliphatic heterocycles. The molecule has 0 radical (unpaired) electrons. The summed E-state index contributed by atoms with van der Waals surface area (Å²) < 4.78 is 1.92. The molecule has 0 bridgehead atoms. The maximum absolute atomic E-state index is 11.0. The molecule has 0 saturated heterocycles. The maximum Gasteiger partial charge on any atom is 0.221 e. The highest BCUT2D eigenvalue weighted by Gasteiger charge is 2.15. The quantitative estimate of drug-likeness (QED) is 0.892. The van der Waals surface area contributed by atoms with E-state index in [0.717, 1.165) is 17.9 Å². The van der Waals surface area contributed by atoms with Crippen molar-refractivity contribution in [3.63, 3.8) is 0 Å². The van der Waals surface area contributed by atoms with Crippen molar-refractivity contribution >= 4 is 11.6 Å². The summed E-state index contributed by atoms with van der Waals surface area (Å²) in [6.45, 7) is 8.58. The van der Waals surface area contributed by atoms with Gasteiger partial charge in [0.15, 0.2) is 0 Å². The largest absolute Gasteiger partial charge is 0.326 e. The van der Waals surface area contributed by atoms with Gasteiger partial charge in [0, 0.05) is 43.5 Å². The molecule has 0 saturated carbocycles. The summed E-state index contributed by atoms with van der Waals surface area (Å²) in [7, 11) is 1.97. The predicted molar refractivity (Wildman–Crippen MR) is 88.7 cm³/mol. The van der Waals surface area contributed by atoms with Crippen LogP contribution in [-0.2, 0) is 18.4 Å². The first kappa shape index (κ1) is 16.2. The number of rotatable bonds is 5. The molecule has 0 unspecified atom stereocenters. The third-order valence-corrected chi connectivity index (χ3v) is 3.88. The highest BCUT2D eigenvalue weighted by molar-refractivity contribution is 5.88. The fourth-order valence-corrected chi connectivity index (χ4v) is 2.70. The van der Waals surface area contributed by atoms with E-state index in [0.29, 0.717) is 0 Å². The van der Waals surface area contributed by atoms with Gasteiger partial charge in [-0.2, -0.15) is 5.10 Å². The van der Waals surface area contributed by atoms with Crippen LogP contribution in [0.3, 0.4) is 0 Å². The number of aromatic nitrogens is 2. The Morgan fingerprint density at radius 3 is 2.41 bits per heavy atom. The number of carbonyl (C=O) groups is 1. The monoisotopic (exact) mass is 300 g/mol. The summed E-state index contributed by atoms with van der Waals surface area (Å²) in [6, 6.07) is 8.12. The Balaban J connectivity index is 1.99. The Morgan fingerprint density at radius 1 is 1.27 bits per heavy atom. The molecule has 2 N–H and O–H groups in total. The van der Waals surface area contributed by atoms with Crippen LogP contribution in [0.4, 0.5) is 5.69 Å². The lowest BCUT2D eigenvalue weighted by molar-refractivity contribution is -0.114. The summed E-state index contributed by atoms with van der Waals surface area (Å²) >= 11 is 0. The molecule has 5 nitrogen and oxygen atoms in total. The van der Waals surface area contributed by atoms with E-state index in [9.17, 15) is 4.79 Å². The molecule has 1 atom stereocenters. The Kier molecular flexibility index (Phi) is 4.98. The summed E-state index contributed by atoms with van der Waals surface area (Å²) in [5, 5.41) is 10.8. The molecule has 1 aromatic heterocycles. The zero-order valence-corrected chi connectivity index (χ0v) is 13.9. The van der Waals surface area contributed by atoms with Crippen molar-refractivity contribution in [3.05, 3.63) is 46.8 Å². The van der Waals surface area contributed by atoms with Crippen molar-refractivity contribution in [1.29, 1.82) is 0 Å². The van der Waals surface area contributed by atoms with Gasteiger partial charge in [-0.05, 0) is 38.5 Å². The average Bonchev–Trinajstić information content (AvgIpc) is 2.70. The van der Waals surface area contributed by atoms with E-state index in [-0.39, 0.29) is 11.9 Å². The standard InChI is InChI=1S/C17H24N4O/c1-11(17-12(2)20-21(5)13(17)3)18-10-15-6-8-16(9-7-15)19-14(4)22/h6-9,11,18H,10H2,1-5H3,(H,19,22)/t11-/m0/s1. The second-order valence-corrected chi connectivity index (χ2v) is 5.69. The van der Waals surface area contributed by atoms with Gasteiger partial charge in [0.25, 0.3) is 0 Å². The normalized spacial score (nSPS) is 12.2. The number of amides is 1. The fourth-order valence-electron chi connectivity index (χ4n) is 2.70. The van der Waals surface area contributed by atoms with Crippen LogP contribution < -0.4 is 10.6 Å². The van der Waals surface area contributed by atoms with E-state index in [1.165, 1.54) is 23.7 Å². The minimum atomic E-state index is -0.0537. The van der Waals surface area contributed by atoms with E-state index in [1.807, 2.05) is 42.9 Å². The molecule has 0 spiro atoms. The Hall–Kier alpha value is -2.14. The number of carbonyl (C=O) groups excluding carboxylic acids is 1. The maximum atomic E-state index is 11.0. The molecule has 118 valence electrons. The van der Waals surface area contributed by atoms with Gasteiger partial charge < -0.3 is 10.6 Å². The lowest BCUT2D eigenvalue weighted by Crippen LogP contribution is -2.19. The summed E-state index contributed by atoms with van der Waals surface area (Å²) in [5.41, 5.74) is 5.53. The van der Waals surface area contributed by atoms with Crippen LogP contribution in [0.1, 0.15) is 42.4 Å². The molecular formula is C17H24N4O. The number of hydrogen-bond donors (Lipinski definition) is 2. The second-order valence-electron chi connectivity index (χ2n) is 5.69. The average molecular weight is 300 g/mol. The highest BCUT2D eigenvalue weighted by atomic mass is 16.1. The van der Waals surface area contributed by atoms with E-state index < -0.39 is 0 Å². The SMILES string of the molecule is CC(=O)Nc1ccc(CN[C@@H](C)c2c(C)nn(C)c2C)cc1. The van der Waals surface area contributed by atoms with Gasteiger partial charge in [0.2, 0.25) is 5.91 Å². The Labute approximate surface area is 131 Å². The number of hydrogen-bond acceptors (Lipinski definition) is 3. The van der Waals surface area contributed by atoms with Crippen molar-refractivity contribution in [2.75, 3.05) is 5.32 Å². The van der Waals surface area contributed by atoms with Crippen LogP contribution in [0.15, 0.2) is 24.3 Å². The lowest BCUT2D eigenvalue weighted by Gasteiger charge is -2.15. The van der Waals surface area contributed by atoms with Crippen molar-refractivity contribution in [1.82, 2.24) is 15.1 Å². The summed E-state index contributed by atoms with van der Waals surface area (Å²) in [6.07, 6.45) is 0. The lowest BCUT2D eigenvalue weighted by atomic mass is 10.1. The van der Waals surface area contributed by atoms with Gasteiger partial charge in [0.05, 0.1) is 5.69 Å². The van der Waals surface area contributed by atoms with E-state index in [1.54, 1.807) is 0 Å². The number of benzene rings is 1. The molecule has 2 rings (SSSR count). The van der Waals surface area contributed by atoms with Crippen LogP contribution in [-0.4, -0.2) is 15.7 Å². The van der Waals surface area contributed by atoms with Crippen molar-refractivity contribution in [2.45, 2.75) is 40.3 Å². The Morgan fingerprint density at radius 2 is 1.91 bits per heavy atom. The molecule has 0 fully saturated rings. The smallest absolute Gasteiger partial charge is 0.221 e. The molecule has 0 aliphatic carbocycles. The van der Waals surface area contributed by atoms with Crippen LogP contribution in [0, 0.1) is 13.8 Å². The molecule has 0 aliphatic rings. The zero-order chi connectivity index (χ0) is 16.3. The molecular weight excluding hydrogens is 276 g/mol. The van der Waals surface area contributed by atoms with Crippen LogP contribution in [0.25, 0.3) is 0 Å². The van der Waals surface area contributed by atoms with Crippen molar-refractivity contribution in [2.24, 2.45) is 7.05 Å². The van der Waals surface area contributed by atoms with E-state index in [4.69, 9.17) is 0 Å². The van der Waals surface area contributed by atoms with E-state index in [2.05, 4.69) is 29.6 Å². The number of aryl methyl sites for hydroxylation is 2. The van der Waals surface area contributed by atoms with Crippen LogP contribution in [0.2, 0.25) is 0 Å². The predicted octanol–water partition coefficient (Wildman–Crippen LogP) is 2.85. The number of nitrogens with one attached hydrogen (secondary N) is 2. The van der Waals surface area contributed by atoms with Gasteiger partial charge in [-0.1, -0.05) is 12.1 Å². The molecule has 1 heterocycles. The minimum absolute atomic E-state index is 0.0537. The van der Waals surface area contributed by atoms with Gasteiger partial charge in [-0.15, -0.1) is 0 Å². The second kappa shape index (κ2) is 6.75. The van der Waals surface area contributed by atoms with Gasteiger partial charge in [-0.25, -0.2) is 0 Å². The summed E-state index contributed by atoms with van der Waals surface area (Å²) in [4.78, 5) is 11.0. The minimum Gasteiger partial charge on any atom is -0.326 e. The third kappa shape index (κ3) is 3.74. The van der Waals surface area contributed by atoms with Gasteiger partial charge >= 0.3 is 0 Å². The zero-order valence-electron chi connectivity index (χ0n) is 13.9. The van der Waals surface area contributed by atoms with Gasteiger partial charge in [0.1, 0.15) is 0 Å². The molecule has 1 amide bonds. The van der Waals surface area contributed by atoms with Crippen molar-refractivity contribution in [3.8, 4) is 0 Å². The summed E-state index contributed by atoms with van der Waals surface area (Å²) in [5.74, 6) is -0.0537. The van der Waals surface area contributed by atoms with Crippen molar-refractivity contribution < 1.29 is 4.79 Å². The first-order chi connectivity index (χ1) is 10.4. The van der Waals surface area contributed by atoms with E-state index >= 15 is 0 Å². The number of anilines is 1. The fraction of sp³-hybridized carbons (Fsp3) is 0.412. The highest BCUT2D eigenvalue weighted by Crippen LogP contribution is 2.21. The Bertz CT molecular complexity index is 658. The topological polar surface area (TPSA) is 59.0 Å². The number of nitrogens with zero attached hydrogens (tertiary/aromatic N) is 2. The van der Waals surface area contributed by atoms with Gasteiger partial charge in [-0.3, -0.25) is 9.48 Å². The van der Waals surface area contributed by atoms with Crippen LogP contribution in [0.5, 0.6) is 0 Å². The van der Waals surface area contributed by atoms with Crippen LogP contribution >= 0.6 is 0 Å². The molecule has 1 aromatic carbocycles. The first-order valence-electron chi connectivity index (χ1n) is 7.48. The molecule has 5 heteroatoms.